The number of hydrogen-bond donors (Lipinski definition) is 0. The standard InChI is InChI=1S/C19H25N3O2/c1-20-11-3-12-21(15-14-20)18(23)10-7-16-5-8-17(9-6-16)22-13-2-4-19(22)24/h5-10H,2-4,11-15H2,1H3/b10-7+. The second-order valence-corrected chi connectivity index (χ2v) is 6.56. The van der Waals surface area contributed by atoms with Crippen molar-refractivity contribution in [2.24, 2.45) is 0 Å². The Morgan fingerprint density at radius 2 is 1.79 bits per heavy atom. The van der Waals surface area contributed by atoms with Gasteiger partial charge < -0.3 is 14.7 Å². The lowest BCUT2D eigenvalue weighted by atomic mass is 10.2. The maximum atomic E-state index is 12.3. The molecule has 0 spiro atoms. The molecule has 0 N–H and O–H groups in total. The molecular formula is C19H25N3O2. The van der Waals surface area contributed by atoms with E-state index < -0.39 is 0 Å². The van der Waals surface area contributed by atoms with Crippen LogP contribution in [0.5, 0.6) is 0 Å². The summed E-state index contributed by atoms with van der Waals surface area (Å²) in [7, 11) is 2.09. The van der Waals surface area contributed by atoms with Gasteiger partial charge in [0.25, 0.3) is 0 Å². The first-order valence-corrected chi connectivity index (χ1v) is 8.69. The predicted molar refractivity (Wildman–Crippen MR) is 95.8 cm³/mol. The van der Waals surface area contributed by atoms with Crippen LogP contribution in [0.4, 0.5) is 5.69 Å². The first-order valence-electron chi connectivity index (χ1n) is 8.69. The maximum Gasteiger partial charge on any atom is 0.246 e. The number of likely N-dealkylation sites (N-methyl/N-ethyl adjacent to an activating group) is 1. The van der Waals surface area contributed by atoms with E-state index in [1.807, 2.05) is 40.1 Å². The molecule has 2 aliphatic heterocycles. The number of carbonyl (C=O) groups excluding carboxylic acids is 2. The molecule has 0 unspecified atom stereocenters. The maximum absolute atomic E-state index is 12.3. The molecule has 2 saturated heterocycles. The molecule has 0 atom stereocenters. The number of amides is 2. The van der Waals surface area contributed by atoms with Gasteiger partial charge in [-0.3, -0.25) is 9.59 Å². The van der Waals surface area contributed by atoms with Crippen molar-refractivity contribution in [1.29, 1.82) is 0 Å². The molecule has 2 amide bonds. The first kappa shape index (κ1) is 16.7. The van der Waals surface area contributed by atoms with Crippen LogP contribution in [-0.2, 0) is 9.59 Å². The van der Waals surface area contributed by atoms with Crippen LogP contribution in [-0.4, -0.2) is 61.4 Å². The monoisotopic (exact) mass is 327 g/mol. The van der Waals surface area contributed by atoms with Crippen LogP contribution in [0.15, 0.2) is 30.3 Å². The molecule has 0 aromatic heterocycles. The molecule has 24 heavy (non-hydrogen) atoms. The minimum atomic E-state index is 0.0732. The van der Waals surface area contributed by atoms with E-state index in [1.165, 1.54) is 0 Å². The molecule has 5 nitrogen and oxygen atoms in total. The summed E-state index contributed by atoms with van der Waals surface area (Å²) in [5, 5.41) is 0. The third-order valence-corrected chi connectivity index (χ3v) is 4.73. The van der Waals surface area contributed by atoms with Gasteiger partial charge in [-0.25, -0.2) is 0 Å². The van der Waals surface area contributed by atoms with Crippen molar-refractivity contribution in [1.82, 2.24) is 9.80 Å². The minimum Gasteiger partial charge on any atom is -0.338 e. The molecule has 0 bridgehead atoms. The van der Waals surface area contributed by atoms with E-state index >= 15 is 0 Å². The van der Waals surface area contributed by atoms with Gasteiger partial charge in [-0.15, -0.1) is 0 Å². The van der Waals surface area contributed by atoms with Gasteiger partial charge >= 0.3 is 0 Å². The molecule has 3 rings (SSSR count). The lowest BCUT2D eigenvalue weighted by Gasteiger charge is -2.18. The highest BCUT2D eigenvalue weighted by molar-refractivity contribution is 5.95. The Balaban J connectivity index is 1.59. The van der Waals surface area contributed by atoms with E-state index in [0.29, 0.717) is 6.42 Å². The van der Waals surface area contributed by atoms with Gasteiger partial charge in [0, 0.05) is 44.4 Å². The van der Waals surface area contributed by atoms with E-state index in [-0.39, 0.29) is 11.8 Å². The average molecular weight is 327 g/mol. The zero-order valence-electron chi connectivity index (χ0n) is 14.3. The van der Waals surface area contributed by atoms with Crippen molar-refractivity contribution in [2.75, 3.05) is 44.7 Å². The first-order chi connectivity index (χ1) is 11.6. The molecule has 1 aromatic rings. The highest BCUT2D eigenvalue weighted by atomic mass is 16.2. The van der Waals surface area contributed by atoms with Gasteiger partial charge in [-0.1, -0.05) is 12.1 Å². The van der Waals surface area contributed by atoms with Gasteiger partial charge in [0.2, 0.25) is 11.8 Å². The number of rotatable bonds is 3. The molecule has 0 aliphatic carbocycles. The van der Waals surface area contributed by atoms with Crippen molar-refractivity contribution >= 4 is 23.6 Å². The predicted octanol–water partition coefficient (Wildman–Crippen LogP) is 1.99. The van der Waals surface area contributed by atoms with E-state index in [2.05, 4.69) is 11.9 Å². The SMILES string of the molecule is CN1CCCN(C(=O)/C=C/c2ccc(N3CCCC3=O)cc2)CC1. The van der Waals surface area contributed by atoms with Gasteiger partial charge in [-0.2, -0.15) is 0 Å². The Morgan fingerprint density at radius 3 is 2.50 bits per heavy atom. The highest BCUT2D eigenvalue weighted by Crippen LogP contribution is 2.21. The Labute approximate surface area is 143 Å². The number of anilines is 1. The van der Waals surface area contributed by atoms with Crippen LogP contribution >= 0.6 is 0 Å². The fraction of sp³-hybridized carbons (Fsp3) is 0.474. The number of nitrogens with zero attached hydrogens (tertiary/aromatic N) is 3. The van der Waals surface area contributed by atoms with Gasteiger partial charge in [0.05, 0.1) is 0 Å². The van der Waals surface area contributed by atoms with Crippen molar-refractivity contribution in [2.45, 2.75) is 19.3 Å². The molecule has 0 saturated carbocycles. The quantitative estimate of drug-likeness (QED) is 0.798. The fourth-order valence-electron chi connectivity index (χ4n) is 3.23. The second-order valence-electron chi connectivity index (χ2n) is 6.56. The Bertz CT molecular complexity index is 624. The van der Waals surface area contributed by atoms with Crippen LogP contribution in [0.25, 0.3) is 6.08 Å². The number of hydrogen-bond acceptors (Lipinski definition) is 3. The van der Waals surface area contributed by atoms with E-state index in [4.69, 9.17) is 0 Å². The van der Waals surface area contributed by atoms with Crippen LogP contribution in [0.1, 0.15) is 24.8 Å². The van der Waals surface area contributed by atoms with Gasteiger partial charge in [-0.05, 0) is 50.2 Å². The summed E-state index contributed by atoms with van der Waals surface area (Å²) in [5.74, 6) is 0.267. The van der Waals surface area contributed by atoms with E-state index in [9.17, 15) is 9.59 Å². The lowest BCUT2D eigenvalue weighted by Crippen LogP contribution is -2.33. The number of carbonyl (C=O) groups is 2. The summed E-state index contributed by atoms with van der Waals surface area (Å²) in [5.41, 5.74) is 1.92. The molecule has 0 radical (unpaired) electrons. The Hall–Kier alpha value is -2.14. The largest absolute Gasteiger partial charge is 0.338 e. The van der Waals surface area contributed by atoms with Crippen molar-refractivity contribution in [3.63, 3.8) is 0 Å². The molecule has 2 aliphatic rings. The highest BCUT2D eigenvalue weighted by Gasteiger charge is 2.21. The van der Waals surface area contributed by atoms with Crippen molar-refractivity contribution < 1.29 is 9.59 Å². The third kappa shape index (κ3) is 4.03. The zero-order chi connectivity index (χ0) is 16.9. The third-order valence-electron chi connectivity index (χ3n) is 4.73. The Kier molecular flexibility index (Phi) is 5.30. The molecule has 128 valence electrons. The molecule has 1 aromatic carbocycles. The van der Waals surface area contributed by atoms with Crippen molar-refractivity contribution in [3.8, 4) is 0 Å². The lowest BCUT2D eigenvalue weighted by molar-refractivity contribution is -0.125. The van der Waals surface area contributed by atoms with Crippen molar-refractivity contribution in [3.05, 3.63) is 35.9 Å². The number of benzene rings is 1. The molecule has 5 heteroatoms. The van der Waals surface area contributed by atoms with Crippen LogP contribution in [0.2, 0.25) is 0 Å². The van der Waals surface area contributed by atoms with Crippen LogP contribution in [0.3, 0.4) is 0 Å². The molecular weight excluding hydrogens is 302 g/mol. The summed E-state index contributed by atoms with van der Waals surface area (Å²) < 4.78 is 0. The van der Waals surface area contributed by atoms with E-state index in [1.54, 1.807) is 6.08 Å². The smallest absolute Gasteiger partial charge is 0.246 e. The summed E-state index contributed by atoms with van der Waals surface area (Å²) >= 11 is 0. The summed E-state index contributed by atoms with van der Waals surface area (Å²) in [4.78, 5) is 30.1. The molecule has 2 heterocycles. The van der Waals surface area contributed by atoms with Gasteiger partial charge in [0.15, 0.2) is 0 Å². The topological polar surface area (TPSA) is 43.9 Å². The molecule has 2 fully saturated rings. The summed E-state index contributed by atoms with van der Waals surface area (Å²) in [6.45, 7) is 4.39. The summed E-state index contributed by atoms with van der Waals surface area (Å²) in [6.07, 6.45) is 6.10. The van der Waals surface area contributed by atoms with Gasteiger partial charge in [0.1, 0.15) is 0 Å². The minimum absolute atomic E-state index is 0.0732. The second kappa shape index (κ2) is 7.62. The fourth-order valence-corrected chi connectivity index (χ4v) is 3.23. The zero-order valence-corrected chi connectivity index (χ0v) is 14.3. The van der Waals surface area contributed by atoms with E-state index in [0.717, 1.165) is 56.8 Å². The normalized spacial score (nSPS) is 20.0. The van der Waals surface area contributed by atoms with Crippen LogP contribution in [0, 0.1) is 0 Å². The Morgan fingerprint density at radius 1 is 1.00 bits per heavy atom. The summed E-state index contributed by atoms with van der Waals surface area (Å²) in [6, 6.07) is 7.82. The van der Waals surface area contributed by atoms with Crippen LogP contribution < -0.4 is 4.90 Å². The average Bonchev–Trinajstić information content (AvgIpc) is 2.89.